The van der Waals surface area contributed by atoms with Crippen LogP contribution in [0.15, 0.2) is 0 Å². The molecule has 7 nitrogen and oxygen atoms in total. The van der Waals surface area contributed by atoms with Gasteiger partial charge >= 0.3 is 15.2 Å². The Morgan fingerprint density at radius 3 is 1.42 bits per heavy atom. The van der Waals surface area contributed by atoms with Gasteiger partial charge in [0, 0.05) is 6.54 Å². The van der Waals surface area contributed by atoms with Gasteiger partial charge in [0.15, 0.2) is 4.90 Å². The van der Waals surface area contributed by atoms with Gasteiger partial charge in [-0.05, 0) is 6.92 Å². The maximum Gasteiger partial charge on any atom is 0.344 e. The molecule has 0 spiro atoms. The van der Waals surface area contributed by atoms with E-state index in [1.165, 1.54) is 0 Å². The second-order valence-electron chi connectivity index (χ2n) is 2.51. The summed E-state index contributed by atoms with van der Waals surface area (Å²) in [5, 5.41) is 0. The number of hydrogen-bond donors (Lipinski definition) is 5. The van der Waals surface area contributed by atoms with E-state index in [1.54, 1.807) is 0 Å². The molecule has 0 aromatic rings. The molecule has 0 bridgehead atoms. The van der Waals surface area contributed by atoms with Gasteiger partial charge < -0.3 is 25.3 Å². The van der Waals surface area contributed by atoms with Crippen LogP contribution in [-0.4, -0.2) is 31.0 Å². The lowest BCUT2D eigenvalue weighted by molar-refractivity contribution is 0.314. The zero-order chi connectivity index (χ0) is 10.2. The molecule has 12 heavy (non-hydrogen) atoms. The molecule has 0 aliphatic carbocycles. The van der Waals surface area contributed by atoms with Gasteiger partial charge in [0.05, 0.1) is 0 Å². The van der Waals surface area contributed by atoms with Crippen molar-refractivity contribution < 1.29 is 28.7 Å². The van der Waals surface area contributed by atoms with Crippen molar-refractivity contribution in [2.75, 3.05) is 6.54 Å². The van der Waals surface area contributed by atoms with Crippen molar-refractivity contribution in [2.45, 2.75) is 11.8 Å². The molecule has 0 aliphatic rings. The molecular formula is C3H11NO6P2. The monoisotopic (exact) mass is 219 g/mol. The minimum absolute atomic E-state index is 0.758. The van der Waals surface area contributed by atoms with Crippen LogP contribution >= 0.6 is 15.2 Å². The van der Waals surface area contributed by atoms with E-state index >= 15 is 0 Å². The summed E-state index contributed by atoms with van der Waals surface area (Å²) < 4.78 is 21.3. The summed E-state index contributed by atoms with van der Waals surface area (Å²) >= 11 is 0. The zero-order valence-electron chi connectivity index (χ0n) is 6.28. The van der Waals surface area contributed by atoms with Gasteiger partial charge in [-0.1, -0.05) is 0 Å². The Morgan fingerprint density at radius 2 is 1.42 bits per heavy atom. The highest BCUT2D eigenvalue weighted by Crippen LogP contribution is 2.68. The second-order valence-corrected chi connectivity index (χ2v) is 7.01. The van der Waals surface area contributed by atoms with Gasteiger partial charge in [0.2, 0.25) is 0 Å². The highest BCUT2D eigenvalue weighted by atomic mass is 31.2. The quantitative estimate of drug-likeness (QED) is 0.384. The Balaban J connectivity index is 5.25. The molecule has 6 N–H and O–H groups in total. The molecule has 0 aliphatic heterocycles. The number of nitrogens with two attached hydrogens (primary N) is 1. The fraction of sp³-hybridized carbons (Fsp3) is 1.00. The van der Waals surface area contributed by atoms with Gasteiger partial charge in [-0.3, -0.25) is 9.13 Å². The van der Waals surface area contributed by atoms with Crippen LogP contribution in [0.2, 0.25) is 0 Å². The molecule has 0 rings (SSSR count). The van der Waals surface area contributed by atoms with E-state index < -0.39 is 26.6 Å². The Kier molecular flexibility index (Phi) is 3.26. The average Bonchev–Trinajstić information content (AvgIpc) is 1.81. The summed E-state index contributed by atoms with van der Waals surface area (Å²) in [4.78, 5) is 32.0. The van der Waals surface area contributed by atoms with E-state index in [0.29, 0.717) is 0 Å². The largest absolute Gasteiger partial charge is 0.344 e. The van der Waals surface area contributed by atoms with Gasteiger partial charge in [-0.25, -0.2) is 0 Å². The maximum absolute atomic E-state index is 10.7. The normalized spacial score (nSPS) is 14.8. The van der Waals surface area contributed by atoms with E-state index in [0.717, 1.165) is 6.92 Å². The summed E-state index contributed by atoms with van der Waals surface area (Å²) in [6.45, 7) is -0.0177. The lowest BCUT2D eigenvalue weighted by atomic mass is 10.5. The SMILES string of the molecule is CC(CN)(P(=O)(O)O)P(=O)(O)O. The van der Waals surface area contributed by atoms with Gasteiger partial charge in [-0.15, -0.1) is 0 Å². The van der Waals surface area contributed by atoms with Crippen LogP contribution in [0.4, 0.5) is 0 Å². The third-order valence-electron chi connectivity index (χ3n) is 1.64. The second kappa shape index (κ2) is 3.20. The first-order chi connectivity index (χ1) is 5.06. The van der Waals surface area contributed by atoms with Crippen molar-refractivity contribution in [3.63, 3.8) is 0 Å². The van der Waals surface area contributed by atoms with Crippen LogP contribution in [0.5, 0.6) is 0 Å². The molecule has 0 aromatic heterocycles. The van der Waals surface area contributed by atoms with Crippen LogP contribution in [0, 0.1) is 0 Å². The maximum atomic E-state index is 10.7. The van der Waals surface area contributed by atoms with E-state index in [4.69, 9.17) is 25.3 Å². The topological polar surface area (TPSA) is 141 Å². The molecular weight excluding hydrogens is 208 g/mol. The van der Waals surface area contributed by atoms with Crippen LogP contribution in [0.25, 0.3) is 0 Å². The van der Waals surface area contributed by atoms with Crippen molar-refractivity contribution >= 4 is 15.2 Å². The summed E-state index contributed by atoms with van der Waals surface area (Å²) in [5.41, 5.74) is 4.89. The van der Waals surface area contributed by atoms with E-state index in [9.17, 15) is 9.13 Å². The third-order valence-corrected chi connectivity index (χ3v) is 6.08. The van der Waals surface area contributed by atoms with Gasteiger partial charge in [0.25, 0.3) is 0 Å². The molecule has 0 aromatic carbocycles. The molecule has 0 saturated carbocycles. The lowest BCUT2D eigenvalue weighted by Crippen LogP contribution is -2.34. The van der Waals surface area contributed by atoms with E-state index in [1.807, 2.05) is 0 Å². The van der Waals surface area contributed by atoms with Gasteiger partial charge in [0.1, 0.15) is 0 Å². The van der Waals surface area contributed by atoms with Crippen molar-refractivity contribution in [3.8, 4) is 0 Å². The third kappa shape index (κ3) is 1.95. The fourth-order valence-corrected chi connectivity index (χ4v) is 2.24. The Bertz CT molecular complexity index is 230. The van der Waals surface area contributed by atoms with Crippen molar-refractivity contribution in [1.82, 2.24) is 0 Å². The molecule has 0 atom stereocenters. The zero-order valence-corrected chi connectivity index (χ0v) is 8.07. The Morgan fingerprint density at radius 1 is 1.17 bits per heavy atom. The van der Waals surface area contributed by atoms with Crippen molar-refractivity contribution in [3.05, 3.63) is 0 Å². The first kappa shape index (κ1) is 12.3. The van der Waals surface area contributed by atoms with Crippen LogP contribution in [0.1, 0.15) is 6.92 Å². The van der Waals surface area contributed by atoms with Crippen LogP contribution in [-0.2, 0) is 9.13 Å². The van der Waals surface area contributed by atoms with Crippen LogP contribution < -0.4 is 5.73 Å². The minimum atomic E-state index is -4.90. The molecule has 0 unspecified atom stereocenters. The first-order valence-corrected chi connectivity index (χ1v) is 6.10. The summed E-state index contributed by atoms with van der Waals surface area (Å²) in [6.07, 6.45) is 0. The Hall–Kier alpha value is 0.260. The molecule has 0 heterocycles. The number of hydrogen-bond acceptors (Lipinski definition) is 3. The highest BCUT2D eigenvalue weighted by molar-refractivity contribution is 7.72. The highest BCUT2D eigenvalue weighted by Gasteiger charge is 2.55. The van der Waals surface area contributed by atoms with Crippen LogP contribution in [0.3, 0.4) is 0 Å². The summed E-state index contributed by atoms with van der Waals surface area (Å²) in [7, 11) is -9.79. The van der Waals surface area contributed by atoms with E-state index in [-0.39, 0.29) is 0 Å². The number of rotatable bonds is 3. The van der Waals surface area contributed by atoms with Crippen molar-refractivity contribution in [2.24, 2.45) is 5.73 Å². The lowest BCUT2D eigenvalue weighted by Gasteiger charge is -2.28. The smallest absolute Gasteiger partial charge is 0.329 e. The molecule has 0 fully saturated rings. The minimum Gasteiger partial charge on any atom is -0.329 e. The molecule has 0 radical (unpaired) electrons. The Labute approximate surface area is 68.9 Å². The molecule has 0 amide bonds. The fourth-order valence-electron chi connectivity index (χ4n) is 0.408. The standard InChI is InChI=1S/C3H11NO6P2/c1-3(2-4,11(5,6)7)12(8,9)10/h2,4H2,1H3,(H2,5,6,7)(H2,8,9,10). The molecule has 0 saturated heterocycles. The molecule has 74 valence electrons. The first-order valence-electron chi connectivity index (χ1n) is 2.87. The predicted octanol–water partition coefficient (Wildman–Crippen LogP) is -0.983. The summed E-state index contributed by atoms with van der Waals surface area (Å²) in [6, 6.07) is 0. The predicted molar refractivity (Wildman–Crippen MR) is 41.5 cm³/mol. The van der Waals surface area contributed by atoms with E-state index in [2.05, 4.69) is 0 Å². The summed E-state index contributed by atoms with van der Waals surface area (Å²) in [5.74, 6) is 0. The average molecular weight is 219 g/mol. The van der Waals surface area contributed by atoms with Crippen molar-refractivity contribution in [1.29, 1.82) is 0 Å². The molecule has 9 heteroatoms. The van der Waals surface area contributed by atoms with Gasteiger partial charge in [-0.2, -0.15) is 0 Å².